The Balaban J connectivity index is 1.67. The van der Waals surface area contributed by atoms with E-state index in [9.17, 15) is 27.5 Å². The van der Waals surface area contributed by atoms with Gasteiger partial charge in [-0.15, -0.1) is 0 Å². The predicted molar refractivity (Wildman–Crippen MR) is 131 cm³/mol. The Labute approximate surface area is 211 Å². The van der Waals surface area contributed by atoms with Gasteiger partial charge in [0.15, 0.2) is 29.1 Å². The van der Waals surface area contributed by atoms with Crippen molar-refractivity contribution < 1.29 is 27.5 Å². The van der Waals surface area contributed by atoms with Gasteiger partial charge < -0.3 is 5.11 Å². The molecule has 0 aliphatic carbocycles. The van der Waals surface area contributed by atoms with E-state index in [2.05, 4.69) is 4.98 Å². The van der Waals surface area contributed by atoms with Gasteiger partial charge in [0.05, 0.1) is 24.0 Å². The summed E-state index contributed by atoms with van der Waals surface area (Å²) in [4.78, 5) is 23.3. The molecule has 0 bridgehead atoms. The zero-order valence-electron chi connectivity index (χ0n) is 20.1. The standard InChI is InChI=1S/C28H23F4N3O2/c1-16-20(25(30)27(32)26(31)24(16)29)14-23(37)35(2)28-21(13-8-17-6-4-3-5-7-17)34-22(15-33-28)18-9-11-19(36)12-10-18/h3-7,9-12,15,36H,8,13-14H2,1-2H3. The molecule has 0 aliphatic heterocycles. The molecule has 0 atom stereocenters. The molecule has 5 nitrogen and oxygen atoms in total. The van der Waals surface area contributed by atoms with E-state index >= 15 is 0 Å². The van der Waals surface area contributed by atoms with Gasteiger partial charge >= 0.3 is 0 Å². The smallest absolute Gasteiger partial charge is 0.232 e. The molecule has 4 aromatic rings. The van der Waals surface area contributed by atoms with Crippen LogP contribution in [0.4, 0.5) is 23.4 Å². The molecular formula is C28H23F4N3O2. The highest BCUT2D eigenvalue weighted by atomic mass is 19.2. The summed E-state index contributed by atoms with van der Waals surface area (Å²) in [7, 11) is 1.40. The number of nitrogens with zero attached hydrogens (tertiary/aromatic N) is 3. The Kier molecular flexibility index (Phi) is 7.52. The van der Waals surface area contributed by atoms with Gasteiger partial charge in [-0.05, 0) is 55.2 Å². The number of halogens is 4. The Bertz CT molecular complexity index is 1420. The number of likely N-dealkylation sites (N-methyl/N-ethyl adjacent to an activating group) is 1. The summed E-state index contributed by atoms with van der Waals surface area (Å²) in [6.45, 7) is 1.08. The summed E-state index contributed by atoms with van der Waals surface area (Å²) in [6, 6.07) is 16.0. The number of aryl methyl sites for hydroxylation is 2. The largest absolute Gasteiger partial charge is 0.508 e. The number of carbonyl (C=O) groups excluding carboxylic acids is 1. The van der Waals surface area contributed by atoms with E-state index in [1.165, 1.54) is 25.4 Å². The van der Waals surface area contributed by atoms with Crippen LogP contribution in [0.25, 0.3) is 11.3 Å². The number of hydrogen-bond acceptors (Lipinski definition) is 4. The molecule has 9 heteroatoms. The Hall–Kier alpha value is -4.27. The summed E-state index contributed by atoms with van der Waals surface area (Å²) in [6.07, 6.45) is 1.75. The van der Waals surface area contributed by atoms with Crippen molar-refractivity contribution in [3.63, 3.8) is 0 Å². The van der Waals surface area contributed by atoms with Crippen LogP contribution < -0.4 is 4.90 Å². The zero-order chi connectivity index (χ0) is 26.7. The van der Waals surface area contributed by atoms with Crippen LogP contribution in [0.2, 0.25) is 0 Å². The van der Waals surface area contributed by atoms with Crippen molar-refractivity contribution in [1.29, 1.82) is 0 Å². The lowest BCUT2D eigenvalue weighted by Crippen LogP contribution is -2.31. The Morgan fingerprint density at radius 3 is 2.22 bits per heavy atom. The van der Waals surface area contributed by atoms with Crippen molar-refractivity contribution in [2.75, 3.05) is 11.9 Å². The van der Waals surface area contributed by atoms with Crippen molar-refractivity contribution in [2.45, 2.75) is 26.2 Å². The first-order chi connectivity index (χ1) is 17.7. The van der Waals surface area contributed by atoms with Crippen LogP contribution in [0.1, 0.15) is 22.4 Å². The number of aromatic hydroxyl groups is 1. The van der Waals surface area contributed by atoms with Gasteiger partial charge in [0.2, 0.25) is 5.91 Å². The number of anilines is 1. The van der Waals surface area contributed by atoms with E-state index < -0.39 is 46.7 Å². The molecule has 3 aromatic carbocycles. The fourth-order valence-corrected chi connectivity index (χ4v) is 3.93. The average molecular weight is 510 g/mol. The number of benzene rings is 3. The first-order valence-electron chi connectivity index (χ1n) is 11.4. The molecule has 1 heterocycles. The van der Waals surface area contributed by atoms with Gasteiger partial charge in [0, 0.05) is 18.2 Å². The van der Waals surface area contributed by atoms with Gasteiger partial charge in [-0.2, -0.15) is 0 Å². The maximum atomic E-state index is 14.4. The third-order valence-electron chi connectivity index (χ3n) is 6.12. The molecular weight excluding hydrogens is 486 g/mol. The molecule has 0 saturated carbocycles. The lowest BCUT2D eigenvalue weighted by Gasteiger charge is -2.21. The van der Waals surface area contributed by atoms with Crippen LogP contribution in [0, 0.1) is 30.2 Å². The first-order valence-corrected chi connectivity index (χ1v) is 11.4. The fourth-order valence-electron chi connectivity index (χ4n) is 3.93. The van der Waals surface area contributed by atoms with Crippen LogP contribution in [0.15, 0.2) is 60.8 Å². The van der Waals surface area contributed by atoms with E-state index in [1.54, 1.807) is 12.1 Å². The average Bonchev–Trinajstić information content (AvgIpc) is 2.92. The molecule has 190 valence electrons. The summed E-state index contributed by atoms with van der Waals surface area (Å²) in [5.41, 5.74) is 1.68. The summed E-state index contributed by atoms with van der Waals surface area (Å²) in [5, 5.41) is 9.58. The maximum Gasteiger partial charge on any atom is 0.232 e. The molecule has 1 aromatic heterocycles. The van der Waals surface area contributed by atoms with E-state index in [4.69, 9.17) is 4.98 Å². The van der Waals surface area contributed by atoms with Crippen molar-refractivity contribution in [1.82, 2.24) is 9.97 Å². The third-order valence-corrected chi connectivity index (χ3v) is 6.12. The molecule has 0 unspecified atom stereocenters. The van der Waals surface area contributed by atoms with Gasteiger partial charge in [-0.3, -0.25) is 9.69 Å². The number of phenolic OH excluding ortho intramolecular Hbond substituents is 1. The SMILES string of the molecule is Cc1c(F)c(F)c(F)c(F)c1CC(=O)N(C)c1ncc(-c2ccc(O)cc2)nc1CCc1ccccc1. The van der Waals surface area contributed by atoms with Gasteiger partial charge in [-0.25, -0.2) is 27.5 Å². The van der Waals surface area contributed by atoms with E-state index in [-0.39, 0.29) is 11.6 Å². The maximum absolute atomic E-state index is 14.4. The molecule has 0 saturated heterocycles. The number of carbonyl (C=O) groups is 1. The van der Waals surface area contributed by atoms with Crippen molar-refractivity contribution in [2.24, 2.45) is 0 Å². The number of hydrogen-bond donors (Lipinski definition) is 1. The normalized spacial score (nSPS) is 11.0. The summed E-state index contributed by atoms with van der Waals surface area (Å²) < 4.78 is 55.8. The minimum Gasteiger partial charge on any atom is -0.508 e. The predicted octanol–water partition coefficient (Wildman–Crippen LogP) is 5.70. The molecule has 37 heavy (non-hydrogen) atoms. The highest BCUT2D eigenvalue weighted by Gasteiger charge is 2.26. The Morgan fingerprint density at radius 2 is 1.54 bits per heavy atom. The van der Waals surface area contributed by atoms with Crippen LogP contribution >= 0.6 is 0 Å². The van der Waals surface area contributed by atoms with Crippen molar-refractivity contribution in [3.8, 4) is 17.0 Å². The van der Waals surface area contributed by atoms with Crippen LogP contribution in [0.5, 0.6) is 5.75 Å². The van der Waals surface area contributed by atoms with Crippen LogP contribution in [-0.2, 0) is 24.1 Å². The topological polar surface area (TPSA) is 66.3 Å². The van der Waals surface area contributed by atoms with Crippen molar-refractivity contribution in [3.05, 3.63) is 106 Å². The van der Waals surface area contributed by atoms with E-state index in [0.717, 1.165) is 17.4 Å². The van der Waals surface area contributed by atoms with Gasteiger partial charge in [0.1, 0.15) is 5.75 Å². The molecule has 0 radical (unpaired) electrons. The number of phenols is 1. The van der Waals surface area contributed by atoms with Crippen LogP contribution in [-0.4, -0.2) is 28.0 Å². The second-order valence-corrected chi connectivity index (χ2v) is 8.55. The highest BCUT2D eigenvalue weighted by Crippen LogP contribution is 2.27. The quantitative estimate of drug-likeness (QED) is 0.197. The molecule has 0 fully saturated rings. The zero-order valence-corrected chi connectivity index (χ0v) is 20.1. The highest BCUT2D eigenvalue weighted by molar-refractivity contribution is 5.94. The molecule has 0 spiro atoms. The fraction of sp³-hybridized carbons (Fsp3) is 0.179. The minimum atomic E-state index is -1.96. The first kappa shape index (κ1) is 25.8. The monoisotopic (exact) mass is 509 g/mol. The van der Waals surface area contributed by atoms with E-state index in [0.29, 0.717) is 29.8 Å². The molecule has 0 aliphatic rings. The number of rotatable bonds is 7. The van der Waals surface area contributed by atoms with Gasteiger partial charge in [0.25, 0.3) is 0 Å². The molecule has 1 N–H and O–H groups in total. The minimum absolute atomic E-state index is 0.0964. The molecule has 4 rings (SSSR count). The third kappa shape index (κ3) is 5.45. The lowest BCUT2D eigenvalue weighted by molar-refractivity contribution is -0.117. The van der Waals surface area contributed by atoms with E-state index in [1.807, 2.05) is 30.3 Å². The molecule has 1 amide bonds. The second kappa shape index (κ2) is 10.8. The van der Waals surface area contributed by atoms with Crippen molar-refractivity contribution >= 4 is 11.7 Å². The van der Waals surface area contributed by atoms with Crippen LogP contribution in [0.3, 0.4) is 0 Å². The number of amides is 1. The number of aromatic nitrogens is 2. The summed E-state index contributed by atoms with van der Waals surface area (Å²) >= 11 is 0. The second-order valence-electron chi connectivity index (χ2n) is 8.55. The van der Waals surface area contributed by atoms with Gasteiger partial charge in [-0.1, -0.05) is 30.3 Å². The Morgan fingerprint density at radius 1 is 0.892 bits per heavy atom. The summed E-state index contributed by atoms with van der Waals surface area (Å²) in [5.74, 6) is -7.43. The lowest BCUT2D eigenvalue weighted by atomic mass is 10.0.